The lowest BCUT2D eigenvalue weighted by atomic mass is 10.1. The molecule has 0 atom stereocenters. The smallest absolute Gasteiger partial charge is 0.276 e. The first-order valence-corrected chi connectivity index (χ1v) is 10.2. The van der Waals surface area contributed by atoms with Gasteiger partial charge in [0, 0.05) is 25.2 Å². The molecule has 32 heavy (non-hydrogen) atoms. The molecule has 170 valence electrons. The van der Waals surface area contributed by atoms with Crippen LogP contribution < -0.4 is 16.1 Å². The molecule has 0 saturated carbocycles. The zero-order valence-corrected chi connectivity index (χ0v) is 19.0. The number of benzene rings is 1. The average Bonchev–Trinajstić information content (AvgIpc) is 3.11. The van der Waals surface area contributed by atoms with Crippen molar-refractivity contribution in [2.45, 2.75) is 20.0 Å². The predicted molar refractivity (Wildman–Crippen MR) is 122 cm³/mol. The molecule has 3 aromatic rings. The zero-order valence-electron chi connectivity index (χ0n) is 18.2. The summed E-state index contributed by atoms with van der Waals surface area (Å²) in [5, 5.41) is 11.1. The molecule has 1 aromatic carbocycles. The number of hydroxylamine groups is 1. The summed E-state index contributed by atoms with van der Waals surface area (Å²) in [6.07, 6.45) is 1.47. The summed E-state index contributed by atoms with van der Waals surface area (Å²) in [6.45, 7) is 3.38. The Morgan fingerprint density at radius 1 is 1.22 bits per heavy atom. The van der Waals surface area contributed by atoms with Crippen molar-refractivity contribution in [3.63, 3.8) is 0 Å². The first-order chi connectivity index (χ1) is 15.3. The normalized spacial score (nSPS) is 11.0. The van der Waals surface area contributed by atoms with Crippen molar-refractivity contribution in [3.8, 4) is 0 Å². The topological polar surface area (TPSA) is 96.3 Å². The number of aryl methyl sites for hydroxylation is 1. The van der Waals surface area contributed by atoms with Gasteiger partial charge in [-0.2, -0.15) is 5.10 Å². The van der Waals surface area contributed by atoms with E-state index >= 15 is 0 Å². The number of nitrogens with zero attached hydrogens (tertiary/aromatic N) is 4. The molecule has 0 unspecified atom stereocenters. The van der Waals surface area contributed by atoms with Gasteiger partial charge in [0.15, 0.2) is 0 Å². The van der Waals surface area contributed by atoms with Crippen molar-refractivity contribution in [3.05, 3.63) is 58.6 Å². The average molecular weight is 462 g/mol. The molecule has 1 amide bonds. The van der Waals surface area contributed by atoms with E-state index in [2.05, 4.69) is 31.0 Å². The molecular weight excluding hydrogens is 437 g/mol. The molecule has 9 nitrogen and oxygen atoms in total. The van der Waals surface area contributed by atoms with Gasteiger partial charge in [-0.1, -0.05) is 11.6 Å². The highest BCUT2D eigenvalue weighted by Crippen LogP contribution is 2.30. The second-order valence-electron chi connectivity index (χ2n) is 7.20. The van der Waals surface area contributed by atoms with Gasteiger partial charge in [-0.05, 0) is 39.2 Å². The number of aromatic nitrogens is 3. The third-order valence-electron chi connectivity index (χ3n) is 4.41. The lowest BCUT2D eigenvalue weighted by Gasteiger charge is -2.14. The van der Waals surface area contributed by atoms with Crippen LogP contribution in [0.5, 0.6) is 0 Å². The van der Waals surface area contributed by atoms with E-state index in [1.165, 1.54) is 31.5 Å². The maximum absolute atomic E-state index is 13.9. The zero-order chi connectivity index (χ0) is 23.3. The molecule has 0 spiro atoms. The third-order valence-corrected chi connectivity index (χ3v) is 4.71. The molecule has 3 rings (SSSR count). The van der Waals surface area contributed by atoms with Crippen LogP contribution in [0.2, 0.25) is 5.02 Å². The lowest BCUT2D eigenvalue weighted by Crippen LogP contribution is -2.22. The van der Waals surface area contributed by atoms with Crippen LogP contribution in [0.15, 0.2) is 36.5 Å². The summed E-state index contributed by atoms with van der Waals surface area (Å²) in [7, 11) is 5.27. The van der Waals surface area contributed by atoms with Crippen LogP contribution >= 0.6 is 11.6 Å². The van der Waals surface area contributed by atoms with Crippen molar-refractivity contribution in [1.82, 2.24) is 25.1 Å². The van der Waals surface area contributed by atoms with Crippen LogP contribution in [0, 0.1) is 5.82 Å². The molecule has 3 N–H and O–H groups in total. The molecule has 0 aliphatic carbocycles. The Labute approximate surface area is 190 Å². The van der Waals surface area contributed by atoms with Gasteiger partial charge in [-0.15, -0.1) is 0 Å². The van der Waals surface area contributed by atoms with Crippen LogP contribution in [0.1, 0.15) is 23.0 Å². The number of nitrogens with one attached hydrogen (secondary N) is 3. The highest BCUT2D eigenvalue weighted by atomic mass is 35.5. The van der Waals surface area contributed by atoms with Crippen LogP contribution in [0.4, 0.5) is 27.4 Å². The lowest BCUT2D eigenvalue weighted by molar-refractivity contribution is 0.0538. The van der Waals surface area contributed by atoms with Crippen LogP contribution in [0.25, 0.3) is 0 Å². The fourth-order valence-electron chi connectivity index (χ4n) is 3.06. The third kappa shape index (κ3) is 5.72. The van der Waals surface area contributed by atoms with Crippen LogP contribution in [-0.4, -0.2) is 46.8 Å². The van der Waals surface area contributed by atoms with Crippen LogP contribution in [0.3, 0.4) is 0 Å². The van der Waals surface area contributed by atoms with E-state index < -0.39 is 11.7 Å². The predicted octanol–water partition coefficient (Wildman–Crippen LogP) is 3.93. The van der Waals surface area contributed by atoms with E-state index in [0.717, 1.165) is 11.5 Å². The summed E-state index contributed by atoms with van der Waals surface area (Å²) in [5.41, 5.74) is 4.00. The minimum Gasteiger partial charge on any atom is -0.353 e. The second-order valence-corrected chi connectivity index (χ2v) is 7.61. The minimum atomic E-state index is -0.529. The summed E-state index contributed by atoms with van der Waals surface area (Å²) in [5.74, 6) is 0.238. The molecule has 2 heterocycles. The molecule has 0 saturated heterocycles. The first-order valence-electron chi connectivity index (χ1n) is 9.84. The molecule has 0 aliphatic heterocycles. The standard InChI is InChI=1S/C21H25ClFN7O2/c1-5-30-20(9-14(27-30)12-29(2)3)26-19-10-18(16(22)11-24-19)25-17-8-13(23)6-7-15(17)21(31)28-32-4/h6-11H,5,12H2,1-4H3,(H,28,31)(H2,24,25,26). The molecule has 0 fully saturated rings. The number of rotatable bonds is 9. The Kier molecular flexibility index (Phi) is 7.62. The van der Waals surface area contributed by atoms with Gasteiger partial charge in [-0.25, -0.2) is 19.5 Å². The SMILES string of the molecule is CCn1nc(CN(C)C)cc1Nc1cc(Nc2cc(F)ccc2C(=O)NOC)c(Cl)cn1. The molecule has 0 radical (unpaired) electrons. The van der Waals surface area contributed by atoms with Gasteiger partial charge < -0.3 is 15.5 Å². The van der Waals surface area contributed by atoms with E-state index in [0.29, 0.717) is 29.6 Å². The van der Waals surface area contributed by atoms with Gasteiger partial charge in [0.05, 0.1) is 41.0 Å². The van der Waals surface area contributed by atoms with Crippen LogP contribution in [-0.2, 0) is 17.9 Å². The summed E-state index contributed by atoms with van der Waals surface area (Å²) >= 11 is 6.31. The molecule has 0 bridgehead atoms. The van der Waals surface area contributed by atoms with Gasteiger partial charge in [0.2, 0.25) is 0 Å². The number of carbonyl (C=O) groups is 1. The number of anilines is 4. The summed E-state index contributed by atoms with van der Waals surface area (Å²) in [6, 6.07) is 7.37. The quantitative estimate of drug-likeness (QED) is 0.415. The Morgan fingerprint density at radius 3 is 2.69 bits per heavy atom. The first kappa shape index (κ1) is 23.5. The number of pyridine rings is 1. The molecule has 0 aliphatic rings. The maximum atomic E-state index is 13.9. The van der Waals surface area contributed by atoms with Gasteiger partial charge in [-0.3, -0.25) is 9.63 Å². The second kappa shape index (κ2) is 10.4. The van der Waals surface area contributed by atoms with E-state index in [1.54, 1.807) is 6.07 Å². The van der Waals surface area contributed by atoms with Crippen molar-refractivity contribution in [2.24, 2.45) is 0 Å². The van der Waals surface area contributed by atoms with E-state index in [9.17, 15) is 9.18 Å². The molecular formula is C21H25ClFN7O2. The molecule has 2 aromatic heterocycles. The maximum Gasteiger partial charge on any atom is 0.276 e. The Morgan fingerprint density at radius 2 is 2.00 bits per heavy atom. The van der Waals surface area contributed by atoms with E-state index in [-0.39, 0.29) is 11.3 Å². The van der Waals surface area contributed by atoms with Crippen molar-refractivity contribution >= 4 is 40.5 Å². The minimum absolute atomic E-state index is 0.188. The van der Waals surface area contributed by atoms with Gasteiger partial charge in [0.25, 0.3) is 5.91 Å². The highest BCUT2D eigenvalue weighted by Gasteiger charge is 2.15. The number of amides is 1. The largest absolute Gasteiger partial charge is 0.353 e. The fraction of sp³-hybridized carbons (Fsp3) is 0.286. The highest BCUT2D eigenvalue weighted by molar-refractivity contribution is 6.33. The van der Waals surface area contributed by atoms with E-state index in [1.807, 2.05) is 36.7 Å². The monoisotopic (exact) mass is 461 g/mol. The van der Waals surface area contributed by atoms with Gasteiger partial charge in [0.1, 0.15) is 17.5 Å². The fourth-order valence-corrected chi connectivity index (χ4v) is 3.21. The van der Waals surface area contributed by atoms with Crippen molar-refractivity contribution in [2.75, 3.05) is 31.8 Å². The Balaban J connectivity index is 1.89. The van der Waals surface area contributed by atoms with Crippen molar-refractivity contribution < 1.29 is 14.0 Å². The number of halogens is 2. The number of hydrogen-bond acceptors (Lipinski definition) is 7. The summed E-state index contributed by atoms with van der Waals surface area (Å²) < 4.78 is 15.7. The Hall–Kier alpha value is -3.21. The van der Waals surface area contributed by atoms with E-state index in [4.69, 9.17) is 11.6 Å². The molecule has 11 heteroatoms. The van der Waals surface area contributed by atoms with Crippen molar-refractivity contribution in [1.29, 1.82) is 0 Å². The summed E-state index contributed by atoms with van der Waals surface area (Å²) in [4.78, 5) is 23.3. The Bertz CT molecular complexity index is 1100. The number of carbonyl (C=O) groups excluding carboxylic acids is 1. The number of hydrogen-bond donors (Lipinski definition) is 3. The van der Waals surface area contributed by atoms with Gasteiger partial charge >= 0.3 is 0 Å².